The molecule has 0 aromatic heterocycles. The second kappa shape index (κ2) is 8.01. The van der Waals surface area contributed by atoms with Gasteiger partial charge in [-0.15, -0.1) is 0 Å². The average molecular weight is 384 g/mol. The minimum atomic E-state index is -0.558. The number of hydrogen-bond donors (Lipinski definition) is 2. The number of rotatable bonds is 5. The molecule has 0 radical (unpaired) electrons. The fraction of sp³-hybridized carbons (Fsp3) is 0.571. The van der Waals surface area contributed by atoms with Gasteiger partial charge in [0.25, 0.3) is 5.91 Å². The lowest BCUT2D eigenvalue weighted by atomic mass is 9.98. The largest absolute Gasteiger partial charge is 0.330 e. The van der Waals surface area contributed by atoms with Crippen LogP contribution in [-0.4, -0.2) is 52.7 Å². The Hall–Kier alpha value is -2.25. The molecule has 7 heteroatoms. The lowest BCUT2D eigenvalue weighted by Crippen LogP contribution is -2.52. The van der Waals surface area contributed by atoms with Crippen LogP contribution in [0.1, 0.15) is 60.0 Å². The van der Waals surface area contributed by atoms with Gasteiger partial charge in [-0.1, -0.05) is 18.6 Å². The van der Waals surface area contributed by atoms with Gasteiger partial charge >= 0.3 is 0 Å². The average Bonchev–Trinajstić information content (AvgIpc) is 2.99. The van der Waals surface area contributed by atoms with Crippen molar-refractivity contribution in [3.8, 4) is 0 Å². The van der Waals surface area contributed by atoms with Crippen molar-refractivity contribution in [3.05, 3.63) is 34.9 Å². The zero-order chi connectivity index (χ0) is 19.7. The van der Waals surface area contributed by atoms with E-state index in [9.17, 15) is 14.4 Å². The molecule has 0 bridgehead atoms. The van der Waals surface area contributed by atoms with Crippen LogP contribution < -0.4 is 11.1 Å². The fourth-order valence-electron chi connectivity index (χ4n) is 4.75. The highest BCUT2D eigenvalue weighted by Gasteiger charge is 2.39. The number of fused-ring (bicyclic) bond motifs is 1. The number of nitrogens with two attached hydrogens (primary N) is 1. The number of likely N-dealkylation sites (tertiary alicyclic amines) is 1. The van der Waals surface area contributed by atoms with E-state index in [0.29, 0.717) is 31.1 Å². The molecule has 2 unspecified atom stereocenters. The first-order valence-corrected chi connectivity index (χ1v) is 10.3. The van der Waals surface area contributed by atoms with Crippen molar-refractivity contribution >= 4 is 17.7 Å². The van der Waals surface area contributed by atoms with Crippen LogP contribution in [0, 0.1) is 0 Å². The number of imide groups is 1. The summed E-state index contributed by atoms with van der Waals surface area (Å²) >= 11 is 0. The van der Waals surface area contributed by atoms with Crippen molar-refractivity contribution < 1.29 is 14.4 Å². The second-order valence-electron chi connectivity index (χ2n) is 8.09. The van der Waals surface area contributed by atoms with Gasteiger partial charge in [-0.3, -0.25) is 24.6 Å². The Morgan fingerprint density at radius 1 is 1.14 bits per heavy atom. The summed E-state index contributed by atoms with van der Waals surface area (Å²) in [6, 6.07) is 6.00. The Morgan fingerprint density at radius 2 is 2.00 bits per heavy atom. The number of nitrogens with zero attached hydrogens (tertiary/aromatic N) is 2. The first kappa shape index (κ1) is 19.1. The highest BCUT2D eigenvalue weighted by Crippen LogP contribution is 2.29. The van der Waals surface area contributed by atoms with E-state index in [1.54, 1.807) is 4.90 Å². The van der Waals surface area contributed by atoms with Gasteiger partial charge in [0, 0.05) is 31.1 Å². The predicted octanol–water partition coefficient (Wildman–Crippen LogP) is 1.15. The first-order chi connectivity index (χ1) is 13.6. The van der Waals surface area contributed by atoms with Crippen molar-refractivity contribution in [1.82, 2.24) is 15.1 Å². The maximum absolute atomic E-state index is 12.8. The predicted molar refractivity (Wildman–Crippen MR) is 104 cm³/mol. The maximum atomic E-state index is 12.8. The van der Waals surface area contributed by atoms with Crippen molar-refractivity contribution in [3.63, 3.8) is 0 Å². The van der Waals surface area contributed by atoms with E-state index < -0.39 is 6.04 Å². The molecule has 2 fully saturated rings. The number of piperidine rings is 2. The summed E-state index contributed by atoms with van der Waals surface area (Å²) in [4.78, 5) is 40.5. The molecular weight excluding hydrogens is 356 g/mol. The van der Waals surface area contributed by atoms with Gasteiger partial charge in [0.1, 0.15) is 6.04 Å². The molecule has 3 heterocycles. The van der Waals surface area contributed by atoms with E-state index >= 15 is 0 Å². The molecule has 1 aromatic rings. The van der Waals surface area contributed by atoms with Gasteiger partial charge in [-0.05, 0) is 56.0 Å². The third-order valence-electron chi connectivity index (χ3n) is 6.22. The van der Waals surface area contributed by atoms with Crippen LogP contribution in [0.2, 0.25) is 0 Å². The minimum absolute atomic E-state index is 0.116. The van der Waals surface area contributed by atoms with E-state index in [1.807, 2.05) is 12.1 Å². The Kier molecular flexibility index (Phi) is 5.46. The van der Waals surface area contributed by atoms with Crippen LogP contribution in [0.25, 0.3) is 0 Å². The number of hydrogen-bond acceptors (Lipinski definition) is 5. The molecule has 28 heavy (non-hydrogen) atoms. The number of nitrogens with one attached hydrogen (secondary N) is 1. The molecule has 0 spiro atoms. The molecule has 3 aliphatic heterocycles. The van der Waals surface area contributed by atoms with Crippen LogP contribution >= 0.6 is 0 Å². The Morgan fingerprint density at radius 3 is 2.79 bits per heavy atom. The molecular formula is C21H28N4O3. The fourth-order valence-corrected chi connectivity index (χ4v) is 4.75. The SMILES string of the molecule is NCCC1CCCCN1Cc1ccc2c(c1)CN(C1CCC(=O)NC1=O)C2=O. The molecule has 0 aliphatic carbocycles. The van der Waals surface area contributed by atoms with Gasteiger partial charge in [0.05, 0.1) is 0 Å². The highest BCUT2D eigenvalue weighted by molar-refractivity contribution is 6.05. The number of carbonyl (C=O) groups excluding carboxylic acids is 3. The van der Waals surface area contributed by atoms with E-state index in [2.05, 4.69) is 16.3 Å². The minimum Gasteiger partial charge on any atom is -0.330 e. The lowest BCUT2D eigenvalue weighted by Gasteiger charge is -2.35. The van der Waals surface area contributed by atoms with Gasteiger partial charge < -0.3 is 10.6 Å². The van der Waals surface area contributed by atoms with Crippen molar-refractivity contribution in [2.45, 2.75) is 63.7 Å². The van der Waals surface area contributed by atoms with Gasteiger partial charge in [-0.2, -0.15) is 0 Å². The van der Waals surface area contributed by atoms with E-state index in [-0.39, 0.29) is 24.1 Å². The molecule has 7 nitrogen and oxygen atoms in total. The third kappa shape index (κ3) is 3.69. The highest BCUT2D eigenvalue weighted by atomic mass is 16.2. The monoisotopic (exact) mass is 384 g/mol. The van der Waals surface area contributed by atoms with Crippen LogP contribution in [0.3, 0.4) is 0 Å². The topological polar surface area (TPSA) is 95.7 Å². The molecule has 2 atom stereocenters. The van der Waals surface area contributed by atoms with Crippen LogP contribution in [0.5, 0.6) is 0 Å². The molecule has 3 N–H and O–H groups in total. The lowest BCUT2D eigenvalue weighted by molar-refractivity contribution is -0.136. The molecule has 3 aliphatic rings. The summed E-state index contributed by atoms with van der Waals surface area (Å²) in [5.74, 6) is -0.744. The normalized spacial score (nSPS) is 25.8. The van der Waals surface area contributed by atoms with Crippen LogP contribution in [-0.2, 0) is 22.7 Å². The van der Waals surface area contributed by atoms with Gasteiger partial charge in [-0.25, -0.2) is 0 Å². The summed E-state index contributed by atoms with van der Waals surface area (Å²) in [6.45, 7) is 3.09. The number of amides is 3. The smallest absolute Gasteiger partial charge is 0.255 e. The first-order valence-electron chi connectivity index (χ1n) is 10.3. The summed E-state index contributed by atoms with van der Waals surface area (Å²) in [7, 11) is 0. The molecule has 3 amide bonds. The Labute approximate surface area is 165 Å². The summed E-state index contributed by atoms with van der Waals surface area (Å²) in [6.07, 6.45) is 5.37. The zero-order valence-corrected chi connectivity index (χ0v) is 16.2. The van der Waals surface area contributed by atoms with E-state index in [4.69, 9.17) is 5.73 Å². The Bertz CT molecular complexity index is 792. The molecule has 4 rings (SSSR count). The third-order valence-corrected chi connectivity index (χ3v) is 6.22. The van der Waals surface area contributed by atoms with E-state index in [1.165, 1.54) is 24.8 Å². The summed E-state index contributed by atoms with van der Waals surface area (Å²) in [5.41, 5.74) is 8.63. The summed E-state index contributed by atoms with van der Waals surface area (Å²) in [5, 5.41) is 2.35. The van der Waals surface area contributed by atoms with Gasteiger partial charge in [0.2, 0.25) is 11.8 Å². The Balaban J connectivity index is 1.48. The molecule has 150 valence electrons. The number of carbonyl (C=O) groups is 3. The standard InChI is InChI=1S/C21H28N4O3/c22-9-8-16-3-1-2-10-24(16)12-14-4-5-17-15(11-14)13-25(21(17)28)18-6-7-19(26)23-20(18)27/h4-5,11,16,18H,1-3,6-10,12-13,22H2,(H,23,26,27). The summed E-state index contributed by atoms with van der Waals surface area (Å²) < 4.78 is 0. The number of benzene rings is 1. The molecule has 0 saturated carbocycles. The zero-order valence-electron chi connectivity index (χ0n) is 16.2. The maximum Gasteiger partial charge on any atom is 0.255 e. The van der Waals surface area contributed by atoms with Gasteiger partial charge in [0.15, 0.2) is 0 Å². The van der Waals surface area contributed by atoms with Crippen molar-refractivity contribution in [1.29, 1.82) is 0 Å². The van der Waals surface area contributed by atoms with Crippen molar-refractivity contribution in [2.75, 3.05) is 13.1 Å². The molecule has 1 aromatic carbocycles. The van der Waals surface area contributed by atoms with E-state index in [0.717, 1.165) is 25.1 Å². The second-order valence-corrected chi connectivity index (χ2v) is 8.09. The van der Waals surface area contributed by atoms with Crippen molar-refractivity contribution in [2.24, 2.45) is 5.73 Å². The van der Waals surface area contributed by atoms with Crippen LogP contribution in [0.15, 0.2) is 18.2 Å². The van der Waals surface area contributed by atoms with Crippen LogP contribution in [0.4, 0.5) is 0 Å². The molecule has 2 saturated heterocycles. The quantitative estimate of drug-likeness (QED) is 0.743.